The molecule has 0 aliphatic heterocycles. The van der Waals surface area contributed by atoms with Gasteiger partial charge in [0.1, 0.15) is 0 Å². The zero-order chi connectivity index (χ0) is 15.2. The van der Waals surface area contributed by atoms with E-state index in [1.807, 2.05) is 24.3 Å². The van der Waals surface area contributed by atoms with E-state index in [1.165, 1.54) is 38.4 Å². The first-order valence-electron chi connectivity index (χ1n) is 7.70. The Bertz CT molecular complexity index is 458. The highest BCUT2D eigenvalue weighted by Crippen LogP contribution is 2.23. The summed E-state index contributed by atoms with van der Waals surface area (Å²) in [6.07, 6.45) is 5.15. The summed E-state index contributed by atoms with van der Waals surface area (Å²) >= 11 is 0. The van der Waals surface area contributed by atoms with Gasteiger partial charge in [0.15, 0.2) is 0 Å². The number of esters is 1. The number of nitrogens with one attached hydrogen (secondary N) is 1. The Morgan fingerprint density at radius 2 is 1.95 bits per heavy atom. The summed E-state index contributed by atoms with van der Waals surface area (Å²) in [5, 5.41) is 3.45. The van der Waals surface area contributed by atoms with E-state index in [0.29, 0.717) is 17.6 Å². The normalized spacial score (nSPS) is 22.3. The third kappa shape index (κ3) is 4.05. The van der Waals surface area contributed by atoms with Crippen molar-refractivity contribution in [3.63, 3.8) is 0 Å². The van der Waals surface area contributed by atoms with Crippen molar-refractivity contribution in [3.8, 4) is 0 Å². The van der Waals surface area contributed by atoms with Gasteiger partial charge in [0.2, 0.25) is 0 Å². The van der Waals surface area contributed by atoms with Crippen molar-refractivity contribution in [3.05, 3.63) is 35.4 Å². The molecule has 0 spiro atoms. The molecule has 2 atom stereocenters. The number of nitrogens with zero attached hydrogens (tertiary/aromatic N) is 1. The number of benzene rings is 1. The van der Waals surface area contributed by atoms with Crippen molar-refractivity contribution >= 4 is 5.97 Å². The minimum absolute atomic E-state index is 0.280. The van der Waals surface area contributed by atoms with Crippen LogP contribution in [0, 0.1) is 0 Å². The first-order valence-corrected chi connectivity index (χ1v) is 7.70. The van der Waals surface area contributed by atoms with E-state index in [1.54, 1.807) is 0 Å². The molecule has 4 nitrogen and oxygen atoms in total. The Hall–Kier alpha value is -1.39. The minimum atomic E-state index is -0.280. The van der Waals surface area contributed by atoms with Crippen molar-refractivity contribution in [2.45, 2.75) is 44.3 Å². The number of hydrogen-bond acceptors (Lipinski definition) is 4. The van der Waals surface area contributed by atoms with Crippen LogP contribution >= 0.6 is 0 Å². The molecule has 1 fully saturated rings. The fourth-order valence-electron chi connectivity index (χ4n) is 3.24. The van der Waals surface area contributed by atoms with Crippen molar-refractivity contribution in [2.24, 2.45) is 0 Å². The Labute approximate surface area is 127 Å². The first kappa shape index (κ1) is 16.0. The van der Waals surface area contributed by atoms with Crippen LogP contribution in [0.25, 0.3) is 0 Å². The van der Waals surface area contributed by atoms with Crippen LogP contribution in [0.5, 0.6) is 0 Å². The molecule has 0 bridgehead atoms. The Balaban J connectivity index is 1.98. The molecule has 21 heavy (non-hydrogen) atoms. The molecule has 1 saturated carbocycles. The van der Waals surface area contributed by atoms with E-state index in [-0.39, 0.29) is 5.97 Å². The van der Waals surface area contributed by atoms with Gasteiger partial charge in [-0.15, -0.1) is 0 Å². The molecule has 0 heterocycles. The maximum Gasteiger partial charge on any atom is 0.337 e. The summed E-state index contributed by atoms with van der Waals surface area (Å²) in [7, 11) is 5.65. The van der Waals surface area contributed by atoms with Crippen LogP contribution in [0.2, 0.25) is 0 Å². The number of methoxy groups -OCH3 is 1. The lowest BCUT2D eigenvalue weighted by Gasteiger charge is -2.38. The van der Waals surface area contributed by atoms with Crippen molar-refractivity contribution in [2.75, 3.05) is 21.2 Å². The molecule has 1 aromatic rings. The Morgan fingerprint density at radius 3 is 2.57 bits per heavy atom. The summed E-state index contributed by atoms with van der Waals surface area (Å²) in [4.78, 5) is 13.9. The molecule has 1 N–H and O–H groups in total. The predicted molar refractivity (Wildman–Crippen MR) is 84.4 cm³/mol. The molecule has 0 aromatic heterocycles. The average molecular weight is 290 g/mol. The smallest absolute Gasteiger partial charge is 0.337 e. The van der Waals surface area contributed by atoms with Crippen molar-refractivity contribution in [1.29, 1.82) is 0 Å². The summed E-state index contributed by atoms with van der Waals surface area (Å²) in [5.41, 5.74) is 1.83. The van der Waals surface area contributed by atoms with Crippen LogP contribution in [0.3, 0.4) is 0 Å². The third-order valence-corrected chi connectivity index (χ3v) is 4.47. The molecule has 116 valence electrons. The van der Waals surface area contributed by atoms with E-state index >= 15 is 0 Å². The molecular formula is C17H26N2O2. The Morgan fingerprint density at radius 1 is 1.29 bits per heavy atom. The molecule has 0 radical (unpaired) electrons. The highest BCUT2D eigenvalue weighted by atomic mass is 16.5. The van der Waals surface area contributed by atoms with Gasteiger partial charge in [0.05, 0.1) is 12.7 Å². The van der Waals surface area contributed by atoms with Crippen LogP contribution in [0.4, 0.5) is 0 Å². The van der Waals surface area contributed by atoms with E-state index in [4.69, 9.17) is 4.74 Å². The van der Waals surface area contributed by atoms with Gasteiger partial charge >= 0.3 is 5.97 Å². The van der Waals surface area contributed by atoms with Crippen LogP contribution in [0.15, 0.2) is 24.3 Å². The van der Waals surface area contributed by atoms with E-state index in [9.17, 15) is 4.79 Å². The maximum absolute atomic E-state index is 11.4. The fourth-order valence-corrected chi connectivity index (χ4v) is 3.24. The van der Waals surface area contributed by atoms with Gasteiger partial charge in [0, 0.05) is 18.6 Å². The number of likely N-dealkylation sites (N-methyl/N-ethyl adjacent to an activating group) is 2. The average Bonchev–Trinajstić information content (AvgIpc) is 2.54. The van der Waals surface area contributed by atoms with Crippen molar-refractivity contribution in [1.82, 2.24) is 10.2 Å². The monoisotopic (exact) mass is 290 g/mol. The topological polar surface area (TPSA) is 41.6 Å². The summed E-state index contributed by atoms with van der Waals surface area (Å²) in [6.45, 7) is 0.907. The standard InChI is InChI=1S/C17H26N2O2/c1-18-15-6-4-5-7-16(15)19(2)12-13-8-10-14(11-9-13)17(20)21-3/h8-11,15-16,18H,4-7,12H2,1-3H3/t15-,16-/m1/s1. The van der Waals surface area contributed by atoms with Crippen LogP contribution in [0.1, 0.15) is 41.6 Å². The molecule has 1 aromatic carbocycles. The molecule has 1 aliphatic carbocycles. The number of hydrogen-bond donors (Lipinski definition) is 1. The van der Waals surface area contributed by atoms with Crippen LogP contribution in [-0.4, -0.2) is 44.2 Å². The minimum Gasteiger partial charge on any atom is -0.465 e. The van der Waals surface area contributed by atoms with E-state index < -0.39 is 0 Å². The van der Waals surface area contributed by atoms with E-state index in [0.717, 1.165) is 6.54 Å². The largest absolute Gasteiger partial charge is 0.465 e. The SMILES string of the molecule is CN[C@@H]1CCCC[C@H]1N(C)Cc1ccc(C(=O)OC)cc1. The summed E-state index contributed by atoms with van der Waals surface area (Å²) in [5.74, 6) is -0.280. The Kier molecular flexibility index (Phi) is 5.76. The van der Waals surface area contributed by atoms with Gasteiger partial charge < -0.3 is 10.1 Å². The van der Waals surface area contributed by atoms with Crippen molar-refractivity contribution < 1.29 is 9.53 Å². The quantitative estimate of drug-likeness (QED) is 0.846. The molecule has 1 aliphatic rings. The van der Waals surface area contributed by atoms with Gasteiger partial charge in [-0.1, -0.05) is 25.0 Å². The van der Waals surface area contributed by atoms with Gasteiger partial charge in [-0.2, -0.15) is 0 Å². The van der Waals surface area contributed by atoms with Gasteiger partial charge in [-0.05, 0) is 44.6 Å². The predicted octanol–water partition coefficient (Wildman–Crippen LogP) is 2.44. The molecular weight excluding hydrogens is 264 g/mol. The second-order valence-electron chi connectivity index (χ2n) is 5.85. The number of ether oxygens (including phenoxy) is 1. The highest BCUT2D eigenvalue weighted by Gasteiger charge is 2.26. The van der Waals surface area contributed by atoms with Crippen LogP contribution in [-0.2, 0) is 11.3 Å². The summed E-state index contributed by atoms with van der Waals surface area (Å²) < 4.78 is 4.72. The molecule has 0 unspecified atom stereocenters. The second kappa shape index (κ2) is 7.57. The van der Waals surface area contributed by atoms with Gasteiger partial charge in [-0.3, -0.25) is 4.90 Å². The molecule has 0 saturated heterocycles. The molecule has 2 rings (SSSR count). The van der Waals surface area contributed by atoms with Crippen LogP contribution < -0.4 is 5.32 Å². The lowest BCUT2D eigenvalue weighted by molar-refractivity contribution is 0.0600. The number of carbonyl (C=O) groups excluding carboxylic acids is 1. The zero-order valence-electron chi connectivity index (χ0n) is 13.3. The zero-order valence-corrected chi connectivity index (χ0v) is 13.3. The lowest BCUT2D eigenvalue weighted by atomic mass is 9.89. The third-order valence-electron chi connectivity index (χ3n) is 4.47. The molecule has 0 amide bonds. The molecule has 4 heteroatoms. The number of rotatable bonds is 5. The lowest BCUT2D eigenvalue weighted by Crippen LogP contribution is -2.49. The van der Waals surface area contributed by atoms with Gasteiger partial charge in [0.25, 0.3) is 0 Å². The number of carbonyl (C=O) groups is 1. The first-order chi connectivity index (χ1) is 10.2. The maximum atomic E-state index is 11.4. The van der Waals surface area contributed by atoms with E-state index in [2.05, 4.69) is 24.3 Å². The second-order valence-corrected chi connectivity index (χ2v) is 5.85. The van der Waals surface area contributed by atoms with Gasteiger partial charge in [-0.25, -0.2) is 4.79 Å². The fraction of sp³-hybridized carbons (Fsp3) is 0.588. The summed E-state index contributed by atoms with van der Waals surface area (Å²) in [6, 6.07) is 8.87. The highest BCUT2D eigenvalue weighted by molar-refractivity contribution is 5.89.